The zero-order valence-corrected chi connectivity index (χ0v) is 20.4. The van der Waals surface area contributed by atoms with Crippen LogP contribution in [0.2, 0.25) is 0 Å². The molecular formula is C26H27NO4S2. The molecule has 4 rings (SSSR count). The van der Waals surface area contributed by atoms with Crippen molar-refractivity contribution in [1.82, 2.24) is 0 Å². The van der Waals surface area contributed by atoms with Gasteiger partial charge in [-0.25, -0.2) is 4.79 Å². The highest BCUT2D eigenvalue weighted by molar-refractivity contribution is 8.01. The number of hydrogen-bond donors (Lipinski definition) is 1. The van der Waals surface area contributed by atoms with Gasteiger partial charge in [0.2, 0.25) is 0 Å². The molecule has 1 heterocycles. The van der Waals surface area contributed by atoms with Gasteiger partial charge in [-0.2, -0.15) is 0 Å². The van der Waals surface area contributed by atoms with Gasteiger partial charge in [0.25, 0.3) is 0 Å². The van der Waals surface area contributed by atoms with Gasteiger partial charge < -0.3 is 14.7 Å². The lowest BCUT2D eigenvalue weighted by atomic mass is 9.80. The monoisotopic (exact) mass is 481 g/mol. The maximum atomic E-state index is 12.8. The van der Waals surface area contributed by atoms with Gasteiger partial charge in [0.15, 0.2) is 0 Å². The lowest BCUT2D eigenvalue weighted by Crippen LogP contribution is -2.21. The summed E-state index contributed by atoms with van der Waals surface area (Å²) in [5.74, 6) is 1.48. The molecule has 1 aliphatic rings. The Morgan fingerprint density at radius 3 is 2.58 bits per heavy atom. The fourth-order valence-electron chi connectivity index (χ4n) is 4.15. The summed E-state index contributed by atoms with van der Waals surface area (Å²) < 4.78 is 11.7. The van der Waals surface area contributed by atoms with Gasteiger partial charge in [-0.15, -0.1) is 23.1 Å². The van der Waals surface area contributed by atoms with Crippen molar-refractivity contribution in [3.05, 3.63) is 81.7 Å². The van der Waals surface area contributed by atoms with E-state index in [1.807, 2.05) is 49.4 Å². The molecule has 1 aliphatic carbocycles. The van der Waals surface area contributed by atoms with E-state index in [1.54, 1.807) is 18.9 Å². The second-order valence-corrected chi connectivity index (χ2v) is 10.2. The zero-order chi connectivity index (χ0) is 23.2. The number of carbonyl (C=O) groups is 1. The number of esters is 1. The standard InChI is InChI=1S/C26H27NO4S2/c1-3-31-25(28)24-21-15-19(18-9-11-20(30-2)12-10-18)16-22(27-29)23(21)26(33-24)32-14-13-17-7-5-4-6-8-17/h4-12,19,29H,3,13-16H2,1-2H3/b27-22+. The molecule has 1 atom stereocenters. The summed E-state index contributed by atoms with van der Waals surface area (Å²) in [4.78, 5) is 13.4. The quantitative estimate of drug-likeness (QED) is 0.180. The zero-order valence-electron chi connectivity index (χ0n) is 18.7. The molecule has 0 amide bonds. The van der Waals surface area contributed by atoms with Crippen LogP contribution >= 0.6 is 23.1 Å². The van der Waals surface area contributed by atoms with E-state index in [2.05, 4.69) is 17.3 Å². The van der Waals surface area contributed by atoms with Crippen molar-refractivity contribution >= 4 is 34.8 Å². The minimum atomic E-state index is -0.304. The van der Waals surface area contributed by atoms with Gasteiger partial charge in [0, 0.05) is 17.7 Å². The minimum Gasteiger partial charge on any atom is -0.497 e. The predicted molar refractivity (Wildman–Crippen MR) is 134 cm³/mol. The third kappa shape index (κ3) is 5.25. The molecule has 1 unspecified atom stereocenters. The Morgan fingerprint density at radius 1 is 1.15 bits per heavy atom. The summed E-state index contributed by atoms with van der Waals surface area (Å²) in [5, 5.41) is 13.6. The van der Waals surface area contributed by atoms with Crippen LogP contribution in [-0.2, 0) is 17.6 Å². The molecular weight excluding hydrogens is 454 g/mol. The van der Waals surface area contributed by atoms with Gasteiger partial charge in [0.1, 0.15) is 10.6 Å². The van der Waals surface area contributed by atoms with Crippen LogP contribution in [0.5, 0.6) is 5.75 Å². The summed E-state index contributed by atoms with van der Waals surface area (Å²) >= 11 is 3.17. The van der Waals surface area contributed by atoms with Crippen molar-refractivity contribution < 1.29 is 19.5 Å². The minimum absolute atomic E-state index is 0.110. The van der Waals surface area contributed by atoms with Crippen molar-refractivity contribution in [1.29, 1.82) is 0 Å². The maximum Gasteiger partial charge on any atom is 0.348 e. The lowest BCUT2D eigenvalue weighted by Gasteiger charge is -2.25. The first-order chi connectivity index (χ1) is 16.1. The molecule has 7 heteroatoms. The molecule has 0 spiro atoms. The van der Waals surface area contributed by atoms with E-state index < -0.39 is 0 Å². The Morgan fingerprint density at radius 2 is 1.91 bits per heavy atom. The van der Waals surface area contributed by atoms with Crippen molar-refractivity contribution in [2.24, 2.45) is 5.16 Å². The molecule has 172 valence electrons. The summed E-state index contributed by atoms with van der Waals surface area (Å²) in [6, 6.07) is 18.3. The normalized spacial score (nSPS) is 16.4. The SMILES string of the molecule is CCOC(=O)c1sc(SCCc2ccccc2)c2c1CC(c1ccc(OC)cc1)C/C2=N\O. The van der Waals surface area contributed by atoms with Gasteiger partial charge >= 0.3 is 5.97 Å². The highest BCUT2D eigenvalue weighted by Crippen LogP contribution is 2.44. The average Bonchev–Trinajstić information content (AvgIpc) is 3.23. The van der Waals surface area contributed by atoms with Crippen LogP contribution in [0.1, 0.15) is 51.2 Å². The number of thiophene rings is 1. The van der Waals surface area contributed by atoms with Crippen molar-refractivity contribution in [3.63, 3.8) is 0 Å². The number of methoxy groups -OCH3 is 1. The molecule has 1 aromatic heterocycles. The summed E-state index contributed by atoms with van der Waals surface area (Å²) in [6.07, 6.45) is 2.23. The molecule has 1 N–H and O–H groups in total. The Kier molecular flexibility index (Phi) is 7.73. The average molecular weight is 482 g/mol. The van der Waals surface area contributed by atoms with Crippen LogP contribution in [0.25, 0.3) is 0 Å². The fraction of sp³-hybridized carbons (Fsp3) is 0.308. The largest absolute Gasteiger partial charge is 0.497 e. The first kappa shape index (κ1) is 23.4. The van der Waals surface area contributed by atoms with Gasteiger partial charge in [-0.3, -0.25) is 0 Å². The van der Waals surface area contributed by atoms with Crippen LogP contribution in [0.4, 0.5) is 0 Å². The first-order valence-electron chi connectivity index (χ1n) is 11.0. The second kappa shape index (κ2) is 10.9. The van der Waals surface area contributed by atoms with E-state index in [-0.39, 0.29) is 11.9 Å². The van der Waals surface area contributed by atoms with E-state index in [4.69, 9.17) is 9.47 Å². The number of fused-ring (bicyclic) bond motifs is 1. The second-order valence-electron chi connectivity index (χ2n) is 7.80. The van der Waals surface area contributed by atoms with Crippen LogP contribution < -0.4 is 4.74 Å². The number of carbonyl (C=O) groups excluding carboxylic acids is 1. The molecule has 0 fully saturated rings. The molecule has 3 aromatic rings. The van der Waals surface area contributed by atoms with Gasteiger partial charge in [-0.1, -0.05) is 47.6 Å². The molecule has 2 aromatic carbocycles. The number of hydrogen-bond acceptors (Lipinski definition) is 7. The maximum absolute atomic E-state index is 12.8. The van der Waals surface area contributed by atoms with Crippen molar-refractivity contribution in [3.8, 4) is 5.75 Å². The fourth-order valence-corrected chi connectivity index (χ4v) is 6.78. The predicted octanol–water partition coefficient (Wildman–Crippen LogP) is 6.18. The van der Waals surface area contributed by atoms with E-state index in [9.17, 15) is 10.0 Å². The van der Waals surface area contributed by atoms with E-state index >= 15 is 0 Å². The van der Waals surface area contributed by atoms with Crippen LogP contribution in [-0.4, -0.2) is 36.4 Å². The van der Waals surface area contributed by atoms with Crippen molar-refractivity contribution in [2.75, 3.05) is 19.5 Å². The summed E-state index contributed by atoms with van der Waals surface area (Å²) in [6.45, 7) is 2.14. The van der Waals surface area contributed by atoms with Crippen LogP contribution in [0.15, 0.2) is 64.0 Å². The number of oxime groups is 1. The first-order valence-corrected chi connectivity index (χ1v) is 12.8. The molecule has 0 saturated carbocycles. The summed E-state index contributed by atoms with van der Waals surface area (Å²) in [7, 11) is 1.65. The van der Waals surface area contributed by atoms with E-state index in [0.717, 1.165) is 38.8 Å². The molecule has 5 nitrogen and oxygen atoms in total. The number of benzene rings is 2. The third-order valence-electron chi connectivity index (χ3n) is 5.79. The Labute approximate surface area is 202 Å². The van der Waals surface area contributed by atoms with Crippen LogP contribution in [0, 0.1) is 0 Å². The molecule has 33 heavy (non-hydrogen) atoms. The highest BCUT2D eigenvalue weighted by Gasteiger charge is 2.34. The number of ether oxygens (including phenoxy) is 2. The number of nitrogens with zero attached hydrogens (tertiary/aromatic N) is 1. The molecule has 0 aliphatic heterocycles. The topological polar surface area (TPSA) is 68.1 Å². The number of rotatable bonds is 8. The Bertz CT molecular complexity index is 1120. The van der Waals surface area contributed by atoms with Gasteiger partial charge in [-0.05, 0) is 54.5 Å². The Hall–Kier alpha value is -2.77. The van der Waals surface area contributed by atoms with E-state index in [0.29, 0.717) is 30.0 Å². The van der Waals surface area contributed by atoms with E-state index in [1.165, 1.54) is 16.9 Å². The summed E-state index contributed by atoms with van der Waals surface area (Å²) in [5.41, 5.74) is 4.87. The Balaban J connectivity index is 1.64. The molecule has 0 bridgehead atoms. The van der Waals surface area contributed by atoms with Crippen molar-refractivity contribution in [2.45, 2.75) is 36.3 Å². The molecule has 0 saturated heterocycles. The lowest BCUT2D eigenvalue weighted by molar-refractivity contribution is 0.0530. The molecule has 0 radical (unpaired) electrons. The van der Waals surface area contributed by atoms with Crippen LogP contribution in [0.3, 0.4) is 0 Å². The highest BCUT2D eigenvalue weighted by atomic mass is 32.2. The number of aryl methyl sites for hydroxylation is 1. The third-order valence-corrected chi connectivity index (χ3v) is 8.27. The van der Waals surface area contributed by atoms with Gasteiger partial charge in [0.05, 0.1) is 23.6 Å². The smallest absolute Gasteiger partial charge is 0.348 e. The number of thioether (sulfide) groups is 1.